The Morgan fingerprint density at radius 2 is 1.56 bits per heavy atom. The van der Waals surface area contributed by atoms with Gasteiger partial charge in [-0.25, -0.2) is 4.72 Å². The lowest BCUT2D eigenvalue weighted by Gasteiger charge is -2.15. The second-order valence-electron chi connectivity index (χ2n) is 3.70. The maximum atomic E-state index is 4.49. The standard InChI is InChI=1S/C12H6N3S/c1-3-7-11-9(5-1)15-16-10-6-2-4-8(12(10)11)14-13-7/h1-6H. The van der Waals surface area contributed by atoms with Gasteiger partial charge in [0.25, 0.3) is 0 Å². The van der Waals surface area contributed by atoms with E-state index in [9.17, 15) is 0 Å². The minimum absolute atomic E-state index is 0.918. The van der Waals surface area contributed by atoms with Crippen LogP contribution in [0.5, 0.6) is 0 Å². The summed E-state index contributed by atoms with van der Waals surface area (Å²) in [5, 5.41) is 10.8. The van der Waals surface area contributed by atoms with E-state index in [2.05, 4.69) is 21.0 Å². The minimum atomic E-state index is 0.918. The highest BCUT2D eigenvalue weighted by molar-refractivity contribution is 7.97. The lowest BCUT2D eigenvalue weighted by atomic mass is 10.1. The lowest BCUT2D eigenvalue weighted by Crippen LogP contribution is -1.98. The molecule has 0 fully saturated rings. The topological polar surface area (TPSA) is 39.9 Å². The van der Waals surface area contributed by atoms with Gasteiger partial charge in [0.05, 0.1) is 16.7 Å². The molecule has 0 saturated heterocycles. The van der Waals surface area contributed by atoms with Crippen molar-refractivity contribution in [3.63, 3.8) is 0 Å². The van der Waals surface area contributed by atoms with Crippen LogP contribution in [-0.4, -0.2) is 10.2 Å². The summed E-state index contributed by atoms with van der Waals surface area (Å²) in [5.74, 6) is 0. The Bertz CT molecular complexity index is 661. The van der Waals surface area contributed by atoms with Crippen molar-refractivity contribution in [2.75, 3.05) is 0 Å². The molecule has 0 bridgehead atoms. The number of hydrogen-bond acceptors (Lipinski definition) is 3. The summed E-state index contributed by atoms with van der Waals surface area (Å²) in [6.07, 6.45) is 0. The van der Waals surface area contributed by atoms with Gasteiger partial charge in [0.2, 0.25) is 0 Å². The summed E-state index contributed by atoms with van der Waals surface area (Å²) in [4.78, 5) is 1.16. The van der Waals surface area contributed by atoms with Crippen LogP contribution >= 0.6 is 11.9 Å². The predicted molar refractivity (Wildman–Crippen MR) is 64.7 cm³/mol. The molecule has 2 heterocycles. The first kappa shape index (κ1) is 8.35. The summed E-state index contributed by atoms with van der Waals surface area (Å²) in [7, 11) is 0. The zero-order valence-electron chi connectivity index (χ0n) is 8.21. The molecule has 16 heavy (non-hydrogen) atoms. The van der Waals surface area contributed by atoms with Gasteiger partial charge < -0.3 is 0 Å². The number of benzene rings is 2. The summed E-state index contributed by atoms with van der Waals surface area (Å²) in [6.45, 7) is 0. The average Bonchev–Trinajstić information content (AvgIpc) is 2.36. The molecule has 75 valence electrons. The summed E-state index contributed by atoms with van der Waals surface area (Å²) in [5.41, 5.74) is 2.86. The van der Waals surface area contributed by atoms with E-state index in [4.69, 9.17) is 0 Å². The van der Waals surface area contributed by atoms with E-state index in [0.717, 1.165) is 27.0 Å². The Labute approximate surface area is 96.0 Å². The van der Waals surface area contributed by atoms with E-state index >= 15 is 0 Å². The first-order valence-corrected chi connectivity index (χ1v) is 5.77. The normalized spacial score (nSPS) is 13.2. The Morgan fingerprint density at radius 3 is 2.44 bits per heavy atom. The Morgan fingerprint density at radius 1 is 0.812 bits per heavy atom. The van der Waals surface area contributed by atoms with Crippen LogP contribution in [0, 0.1) is 0 Å². The Kier molecular flexibility index (Phi) is 1.49. The Balaban J connectivity index is 2.40. The quantitative estimate of drug-likeness (QED) is 0.435. The average molecular weight is 224 g/mol. The molecule has 0 amide bonds. The number of hydrogen-bond donors (Lipinski definition) is 0. The van der Waals surface area contributed by atoms with E-state index < -0.39 is 0 Å². The van der Waals surface area contributed by atoms with Gasteiger partial charge in [-0.2, -0.15) is 0 Å². The molecule has 4 rings (SSSR count). The third-order valence-electron chi connectivity index (χ3n) is 2.78. The molecule has 0 N–H and O–H groups in total. The van der Waals surface area contributed by atoms with E-state index in [1.807, 2.05) is 30.3 Å². The van der Waals surface area contributed by atoms with Crippen molar-refractivity contribution in [1.82, 2.24) is 14.9 Å². The van der Waals surface area contributed by atoms with Gasteiger partial charge in [0.1, 0.15) is 0 Å². The van der Waals surface area contributed by atoms with Crippen LogP contribution < -0.4 is 4.72 Å². The van der Waals surface area contributed by atoms with Gasteiger partial charge in [0, 0.05) is 27.6 Å². The van der Waals surface area contributed by atoms with Crippen molar-refractivity contribution in [3.05, 3.63) is 36.4 Å². The van der Waals surface area contributed by atoms with Crippen LogP contribution in [0.4, 0.5) is 5.69 Å². The van der Waals surface area contributed by atoms with Gasteiger partial charge in [-0.1, -0.05) is 12.1 Å². The maximum absolute atomic E-state index is 4.49. The van der Waals surface area contributed by atoms with Crippen LogP contribution in [0.25, 0.3) is 21.8 Å². The fraction of sp³-hybridized carbons (Fsp3) is 0. The van der Waals surface area contributed by atoms with Crippen LogP contribution in [-0.2, 0) is 0 Å². The zero-order valence-corrected chi connectivity index (χ0v) is 9.03. The van der Waals surface area contributed by atoms with Crippen molar-refractivity contribution >= 4 is 39.4 Å². The molecule has 0 unspecified atom stereocenters. The van der Waals surface area contributed by atoms with Crippen molar-refractivity contribution in [2.45, 2.75) is 4.90 Å². The van der Waals surface area contributed by atoms with Crippen molar-refractivity contribution in [2.24, 2.45) is 0 Å². The van der Waals surface area contributed by atoms with E-state index in [1.165, 1.54) is 17.3 Å². The van der Waals surface area contributed by atoms with Crippen LogP contribution in [0.3, 0.4) is 0 Å². The molecular weight excluding hydrogens is 218 g/mol. The molecule has 4 heteroatoms. The Hall–Kier alpha value is -1.81. The largest absolute Gasteiger partial charge is 0.211 e. The zero-order chi connectivity index (χ0) is 10.5. The van der Waals surface area contributed by atoms with E-state index in [1.54, 1.807) is 0 Å². The summed E-state index contributed by atoms with van der Waals surface area (Å²) < 4.78 is 4.49. The van der Waals surface area contributed by atoms with Crippen LogP contribution in [0.15, 0.2) is 41.3 Å². The molecule has 3 nitrogen and oxygen atoms in total. The second-order valence-corrected chi connectivity index (χ2v) is 4.51. The van der Waals surface area contributed by atoms with Crippen LogP contribution in [0.1, 0.15) is 0 Å². The van der Waals surface area contributed by atoms with E-state index in [0.29, 0.717) is 0 Å². The molecule has 0 atom stereocenters. The van der Waals surface area contributed by atoms with Gasteiger partial charge in [-0.05, 0) is 24.3 Å². The predicted octanol–water partition coefficient (Wildman–Crippen LogP) is 3.04. The summed E-state index contributed by atoms with van der Waals surface area (Å²) in [6, 6.07) is 12.0. The molecule has 0 saturated carbocycles. The molecular formula is C12H6N3S. The monoisotopic (exact) mass is 224 g/mol. The first-order chi connectivity index (χ1) is 7.93. The maximum Gasteiger partial charge on any atom is 0.0958 e. The molecule has 3 aromatic rings. The van der Waals surface area contributed by atoms with E-state index in [-0.39, 0.29) is 0 Å². The number of aromatic nitrogens is 2. The molecule has 0 aliphatic carbocycles. The fourth-order valence-electron chi connectivity index (χ4n) is 2.08. The number of rotatable bonds is 0. The van der Waals surface area contributed by atoms with Crippen molar-refractivity contribution in [1.29, 1.82) is 0 Å². The first-order valence-electron chi connectivity index (χ1n) is 5.00. The smallest absolute Gasteiger partial charge is 0.0958 e. The molecule has 1 aliphatic heterocycles. The molecule has 1 aliphatic rings. The lowest BCUT2D eigenvalue weighted by molar-refractivity contribution is 1.11. The second kappa shape index (κ2) is 2.86. The third-order valence-corrected chi connectivity index (χ3v) is 3.61. The molecule has 2 aromatic carbocycles. The fourth-order valence-corrected chi connectivity index (χ4v) is 2.87. The highest BCUT2D eigenvalue weighted by Gasteiger charge is 2.17. The van der Waals surface area contributed by atoms with Gasteiger partial charge in [-0.15, -0.1) is 10.2 Å². The SMILES string of the molecule is c1cc2c3c(c1)nnc1cccc(c13)S[N]2. The highest BCUT2D eigenvalue weighted by atomic mass is 32.2. The molecule has 0 spiro atoms. The van der Waals surface area contributed by atoms with Gasteiger partial charge in [0.15, 0.2) is 0 Å². The van der Waals surface area contributed by atoms with Crippen molar-refractivity contribution in [3.8, 4) is 0 Å². The van der Waals surface area contributed by atoms with Gasteiger partial charge >= 0.3 is 0 Å². The molecule has 1 aromatic heterocycles. The van der Waals surface area contributed by atoms with Crippen molar-refractivity contribution < 1.29 is 0 Å². The van der Waals surface area contributed by atoms with Crippen LogP contribution in [0.2, 0.25) is 0 Å². The third kappa shape index (κ3) is 0.945. The van der Waals surface area contributed by atoms with Gasteiger partial charge in [-0.3, -0.25) is 0 Å². The summed E-state index contributed by atoms with van der Waals surface area (Å²) >= 11 is 1.51. The number of nitrogens with zero attached hydrogens (tertiary/aromatic N) is 3. The minimum Gasteiger partial charge on any atom is -0.211 e. The highest BCUT2D eigenvalue weighted by Crippen LogP contribution is 2.40. The molecule has 1 radical (unpaired) electrons.